The first kappa shape index (κ1) is 17.7. The molecular weight excluding hydrogens is 344 g/mol. The molecule has 3 heterocycles. The second-order valence-electron chi connectivity index (χ2n) is 6.75. The highest BCUT2D eigenvalue weighted by Gasteiger charge is 2.19. The lowest BCUT2D eigenvalue weighted by Gasteiger charge is -2.33. The highest BCUT2D eigenvalue weighted by molar-refractivity contribution is 5.46. The fourth-order valence-corrected chi connectivity index (χ4v) is 3.36. The van der Waals surface area contributed by atoms with Crippen molar-refractivity contribution in [3.05, 3.63) is 53.9 Å². The number of aryl methyl sites for hydroxylation is 1. The fraction of sp³-hybridized carbons (Fsp3) is 0.421. The summed E-state index contributed by atoms with van der Waals surface area (Å²) in [4.78, 5) is 9.09. The highest BCUT2D eigenvalue weighted by Crippen LogP contribution is 2.22. The Hall–Kier alpha value is -2.71. The third-order valence-electron chi connectivity index (χ3n) is 4.77. The van der Waals surface area contributed by atoms with Gasteiger partial charge in [-0.15, -0.1) is 0 Å². The van der Waals surface area contributed by atoms with Gasteiger partial charge in [-0.1, -0.05) is 17.3 Å². The molecule has 2 aromatic heterocycles. The average Bonchev–Trinajstić information content (AvgIpc) is 3.32. The molecule has 0 atom stereocenters. The van der Waals surface area contributed by atoms with Gasteiger partial charge in [0.15, 0.2) is 5.82 Å². The van der Waals surface area contributed by atoms with Crippen molar-refractivity contribution < 1.29 is 9.26 Å². The van der Waals surface area contributed by atoms with Gasteiger partial charge in [0.05, 0.1) is 19.9 Å². The molecule has 1 saturated heterocycles. The number of para-hydroxylation sites is 2. The van der Waals surface area contributed by atoms with E-state index >= 15 is 0 Å². The predicted octanol–water partition coefficient (Wildman–Crippen LogP) is 1.89. The molecule has 3 aromatic rings. The van der Waals surface area contributed by atoms with Crippen LogP contribution >= 0.6 is 0 Å². The minimum absolute atomic E-state index is 0.621. The van der Waals surface area contributed by atoms with E-state index in [9.17, 15) is 0 Å². The zero-order valence-electron chi connectivity index (χ0n) is 15.7. The molecule has 0 amide bonds. The van der Waals surface area contributed by atoms with E-state index in [1.54, 1.807) is 7.11 Å². The number of piperazine rings is 1. The fourth-order valence-electron chi connectivity index (χ4n) is 3.36. The Kier molecular flexibility index (Phi) is 5.17. The molecule has 1 aliphatic rings. The van der Waals surface area contributed by atoms with Crippen LogP contribution in [0.4, 0.5) is 0 Å². The quantitative estimate of drug-likeness (QED) is 0.658. The minimum atomic E-state index is 0.621. The average molecular weight is 368 g/mol. The summed E-state index contributed by atoms with van der Waals surface area (Å²) < 4.78 is 12.4. The summed E-state index contributed by atoms with van der Waals surface area (Å²) >= 11 is 0. The van der Waals surface area contributed by atoms with Crippen LogP contribution in [-0.2, 0) is 13.1 Å². The molecule has 1 fully saturated rings. The Balaban J connectivity index is 1.32. The maximum absolute atomic E-state index is 5.43. The molecule has 0 spiro atoms. The first-order valence-electron chi connectivity index (χ1n) is 9.12. The lowest BCUT2D eigenvalue weighted by Crippen LogP contribution is -2.45. The van der Waals surface area contributed by atoms with Gasteiger partial charge in [-0.25, -0.2) is 4.68 Å². The lowest BCUT2D eigenvalue weighted by molar-refractivity contribution is 0.119. The normalized spacial score (nSPS) is 15.9. The van der Waals surface area contributed by atoms with Gasteiger partial charge in [0, 0.05) is 51.4 Å². The van der Waals surface area contributed by atoms with Gasteiger partial charge in [0.2, 0.25) is 5.89 Å². The summed E-state index contributed by atoms with van der Waals surface area (Å²) in [5.41, 5.74) is 2.15. The first-order chi connectivity index (χ1) is 13.2. The standard InChI is InChI=1S/C19H24N6O2/c1-15-21-19(22-27-15)14-24-9-7-23(8-10-24)12-16-11-20-25(13-16)17-5-3-4-6-18(17)26-2/h3-6,11,13H,7-10,12,14H2,1-2H3. The van der Waals surface area contributed by atoms with Gasteiger partial charge in [-0.05, 0) is 12.1 Å². The van der Waals surface area contributed by atoms with Gasteiger partial charge in [-0.2, -0.15) is 10.1 Å². The molecule has 27 heavy (non-hydrogen) atoms. The van der Waals surface area contributed by atoms with Gasteiger partial charge in [-0.3, -0.25) is 9.80 Å². The third kappa shape index (κ3) is 4.17. The number of ether oxygens (including phenoxy) is 1. The lowest BCUT2D eigenvalue weighted by atomic mass is 10.2. The summed E-state index contributed by atoms with van der Waals surface area (Å²) in [6.07, 6.45) is 4.01. The number of nitrogens with zero attached hydrogens (tertiary/aromatic N) is 6. The van der Waals surface area contributed by atoms with Crippen molar-refractivity contribution in [2.24, 2.45) is 0 Å². The van der Waals surface area contributed by atoms with E-state index in [1.807, 2.05) is 42.1 Å². The van der Waals surface area contributed by atoms with Crippen molar-refractivity contribution in [3.8, 4) is 11.4 Å². The molecule has 142 valence electrons. The summed E-state index contributed by atoms with van der Waals surface area (Å²) in [6.45, 7) is 7.47. The molecule has 0 aliphatic carbocycles. The summed E-state index contributed by atoms with van der Waals surface area (Å²) in [7, 11) is 1.68. The molecule has 0 radical (unpaired) electrons. The van der Waals surface area contributed by atoms with Crippen molar-refractivity contribution in [1.29, 1.82) is 0 Å². The third-order valence-corrected chi connectivity index (χ3v) is 4.77. The summed E-state index contributed by atoms with van der Waals surface area (Å²) in [5.74, 6) is 2.20. The van der Waals surface area contributed by atoms with E-state index in [0.717, 1.165) is 56.5 Å². The van der Waals surface area contributed by atoms with Gasteiger partial charge >= 0.3 is 0 Å². The number of rotatable bonds is 6. The molecule has 0 saturated carbocycles. The van der Waals surface area contributed by atoms with Crippen LogP contribution in [0.3, 0.4) is 0 Å². The van der Waals surface area contributed by atoms with Gasteiger partial charge < -0.3 is 9.26 Å². The number of aromatic nitrogens is 4. The monoisotopic (exact) mass is 368 g/mol. The van der Waals surface area contributed by atoms with Crippen LogP contribution < -0.4 is 4.74 Å². The predicted molar refractivity (Wildman–Crippen MR) is 99.7 cm³/mol. The Morgan fingerprint density at radius 1 is 1.07 bits per heavy atom. The largest absolute Gasteiger partial charge is 0.494 e. The zero-order chi connectivity index (χ0) is 18.6. The Morgan fingerprint density at radius 2 is 1.81 bits per heavy atom. The molecule has 1 aliphatic heterocycles. The van der Waals surface area contributed by atoms with E-state index < -0.39 is 0 Å². The van der Waals surface area contributed by atoms with E-state index in [0.29, 0.717) is 5.89 Å². The Labute approximate surface area is 158 Å². The molecule has 8 nitrogen and oxygen atoms in total. The highest BCUT2D eigenvalue weighted by atomic mass is 16.5. The van der Waals surface area contributed by atoms with Crippen LogP contribution in [0.25, 0.3) is 5.69 Å². The zero-order valence-corrected chi connectivity index (χ0v) is 15.7. The Bertz CT molecular complexity index is 882. The van der Waals surface area contributed by atoms with E-state index in [-0.39, 0.29) is 0 Å². The number of benzene rings is 1. The summed E-state index contributed by atoms with van der Waals surface area (Å²) in [5, 5.41) is 8.49. The number of hydrogen-bond acceptors (Lipinski definition) is 7. The smallest absolute Gasteiger partial charge is 0.223 e. The molecule has 0 N–H and O–H groups in total. The molecule has 0 bridgehead atoms. The second-order valence-corrected chi connectivity index (χ2v) is 6.75. The van der Waals surface area contributed by atoms with Crippen molar-refractivity contribution in [1.82, 2.24) is 29.7 Å². The molecular formula is C19H24N6O2. The van der Waals surface area contributed by atoms with Gasteiger partial charge in [0.25, 0.3) is 0 Å². The van der Waals surface area contributed by atoms with E-state index in [1.165, 1.54) is 5.56 Å². The maximum Gasteiger partial charge on any atom is 0.223 e. The van der Waals surface area contributed by atoms with Crippen molar-refractivity contribution in [2.45, 2.75) is 20.0 Å². The number of methoxy groups -OCH3 is 1. The molecule has 0 unspecified atom stereocenters. The molecule has 4 rings (SSSR count). The van der Waals surface area contributed by atoms with Crippen LogP contribution in [0.5, 0.6) is 5.75 Å². The van der Waals surface area contributed by atoms with Crippen molar-refractivity contribution >= 4 is 0 Å². The maximum atomic E-state index is 5.43. The van der Waals surface area contributed by atoms with Crippen LogP contribution in [0.1, 0.15) is 17.3 Å². The molecule has 1 aromatic carbocycles. The van der Waals surface area contributed by atoms with Crippen LogP contribution in [0.2, 0.25) is 0 Å². The number of hydrogen-bond donors (Lipinski definition) is 0. The SMILES string of the molecule is COc1ccccc1-n1cc(CN2CCN(Cc3noc(C)n3)CC2)cn1. The van der Waals surface area contributed by atoms with Crippen molar-refractivity contribution in [3.63, 3.8) is 0 Å². The minimum Gasteiger partial charge on any atom is -0.494 e. The summed E-state index contributed by atoms with van der Waals surface area (Å²) in [6, 6.07) is 7.90. The second kappa shape index (κ2) is 7.89. The van der Waals surface area contributed by atoms with Crippen LogP contribution in [0, 0.1) is 6.92 Å². The van der Waals surface area contributed by atoms with E-state index in [2.05, 4.69) is 31.2 Å². The van der Waals surface area contributed by atoms with Crippen LogP contribution in [0.15, 0.2) is 41.2 Å². The molecule has 8 heteroatoms. The van der Waals surface area contributed by atoms with E-state index in [4.69, 9.17) is 9.26 Å². The van der Waals surface area contributed by atoms with Gasteiger partial charge in [0.1, 0.15) is 11.4 Å². The van der Waals surface area contributed by atoms with Crippen LogP contribution in [-0.4, -0.2) is 63.0 Å². The topological polar surface area (TPSA) is 72.5 Å². The Morgan fingerprint density at radius 3 is 2.52 bits per heavy atom. The van der Waals surface area contributed by atoms with Crippen molar-refractivity contribution in [2.75, 3.05) is 33.3 Å². The first-order valence-corrected chi connectivity index (χ1v) is 9.12.